The second-order valence-electron chi connectivity index (χ2n) is 12.0. The molecule has 0 aliphatic heterocycles. The number of hydrogen-bond donors (Lipinski definition) is 2. The van der Waals surface area contributed by atoms with Gasteiger partial charge >= 0.3 is 23.9 Å². The number of carbonyl (C=O) groups is 4. The molecule has 4 atom stereocenters. The first-order valence-electron chi connectivity index (χ1n) is 13.7. The van der Waals surface area contributed by atoms with Crippen LogP contribution in [0.5, 0.6) is 11.5 Å². The maximum atomic E-state index is 12.6. The quantitative estimate of drug-likeness (QED) is 0.215. The first-order valence-corrected chi connectivity index (χ1v) is 13.7. The molecule has 3 unspecified atom stereocenters. The first kappa shape index (κ1) is 34.1. The minimum absolute atomic E-state index is 0.0238. The molecule has 3 N–H and O–H groups in total. The summed E-state index contributed by atoms with van der Waals surface area (Å²) in [5.41, 5.74) is 4.73. The molecule has 0 heterocycles. The van der Waals surface area contributed by atoms with Crippen molar-refractivity contribution in [3.8, 4) is 11.5 Å². The standard InChI is InChI=1S/C30H47NO8/c1-9-19(3)13-25(32)38-23-12-11-22(15-24(23)39-26(33)14-20(4)10-2)17-30(31,28(35)36)16-21(5)37-27(34)18-29(6,7)8/h11-12,15,19-21H,9-10,13-14,16-18,31H2,1-8H3,(H,35,36)/t19?,20?,21-,30?/m0/s1. The monoisotopic (exact) mass is 549 g/mol. The lowest BCUT2D eigenvalue weighted by molar-refractivity contribution is -0.154. The Kier molecular flexibility index (Phi) is 13.1. The predicted molar refractivity (Wildman–Crippen MR) is 148 cm³/mol. The van der Waals surface area contributed by atoms with Crippen molar-refractivity contribution in [2.75, 3.05) is 0 Å². The van der Waals surface area contributed by atoms with Gasteiger partial charge in [-0.2, -0.15) is 0 Å². The number of aliphatic carboxylic acids is 1. The van der Waals surface area contributed by atoms with E-state index in [1.54, 1.807) is 13.0 Å². The van der Waals surface area contributed by atoms with E-state index >= 15 is 0 Å². The van der Waals surface area contributed by atoms with Crippen LogP contribution in [0.25, 0.3) is 0 Å². The summed E-state index contributed by atoms with van der Waals surface area (Å²) < 4.78 is 16.5. The van der Waals surface area contributed by atoms with E-state index in [9.17, 15) is 24.3 Å². The van der Waals surface area contributed by atoms with Gasteiger partial charge < -0.3 is 25.1 Å². The molecule has 0 aliphatic rings. The molecule has 0 spiro atoms. The van der Waals surface area contributed by atoms with E-state index in [-0.39, 0.29) is 60.9 Å². The van der Waals surface area contributed by atoms with Crippen LogP contribution in [0.4, 0.5) is 0 Å². The van der Waals surface area contributed by atoms with Crippen LogP contribution in [0.3, 0.4) is 0 Å². The highest BCUT2D eigenvalue weighted by Gasteiger charge is 2.37. The number of nitrogens with two attached hydrogens (primary N) is 1. The largest absolute Gasteiger partial charge is 0.480 e. The van der Waals surface area contributed by atoms with Gasteiger partial charge in [0.05, 0.1) is 6.42 Å². The van der Waals surface area contributed by atoms with E-state index in [1.165, 1.54) is 12.1 Å². The molecule has 1 aromatic rings. The molecular formula is C30H47NO8. The fraction of sp³-hybridized carbons (Fsp3) is 0.667. The topological polar surface area (TPSA) is 142 Å². The fourth-order valence-electron chi connectivity index (χ4n) is 3.87. The van der Waals surface area contributed by atoms with Gasteiger partial charge in [0.15, 0.2) is 11.5 Å². The van der Waals surface area contributed by atoms with E-state index in [1.807, 2.05) is 48.5 Å². The number of esters is 3. The van der Waals surface area contributed by atoms with Gasteiger partial charge in [0.2, 0.25) is 0 Å². The van der Waals surface area contributed by atoms with Gasteiger partial charge in [-0.1, -0.05) is 67.4 Å². The van der Waals surface area contributed by atoms with Gasteiger partial charge in [-0.3, -0.25) is 19.2 Å². The zero-order chi connectivity index (χ0) is 30.0. The van der Waals surface area contributed by atoms with Crippen LogP contribution in [-0.2, 0) is 30.3 Å². The zero-order valence-electron chi connectivity index (χ0n) is 24.8. The molecule has 220 valence electrons. The Morgan fingerprint density at radius 2 is 1.38 bits per heavy atom. The van der Waals surface area contributed by atoms with Crippen LogP contribution in [-0.4, -0.2) is 40.6 Å². The van der Waals surface area contributed by atoms with Crippen LogP contribution >= 0.6 is 0 Å². The Bertz CT molecular complexity index is 999. The number of ether oxygens (including phenoxy) is 3. The Morgan fingerprint density at radius 1 is 0.872 bits per heavy atom. The van der Waals surface area contributed by atoms with Crippen molar-refractivity contribution in [1.82, 2.24) is 0 Å². The highest BCUT2D eigenvalue weighted by Crippen LogP contribution is 2.32. The first-order chi connectivity index (χ1) is 18.0. The van der Waals surface area contributed by atoms with E-state index in [2.05, 4.69) is 0 Å². The Morgan fingerprint density at radius 3 is 1.85 bits per heavy atom. The molecule has 1 rings (SSSR count). The maximum absolute atomic E-state index is 12.6. The summed E-state index contributed by atoms with van der Waals surface area (Å²) in [6.07, 6.45) is 1.15. The lowest BCUT2D eigenvalue weighted by Crippen LogP contribution is -2.52. The van der Waals surface area contributed by atoms with Crippen molar-refractivity contribution < 1.29 is 38.5 Å². The molecule has 0 saturated heterocycles. The van der Waals surface area contributed by atoms with E-state index in [0.29, 0.717) is 5.56 Å². The van der Waals surface area contributed by atoms with Crippen LogP contribution in [0.15, 0.2) is 18.2 Å². The predicted octanol–water partition coefficient (Wildman–Crippen LogP) is 5.45. The number of carboxylic acids is 1. The van der Waals surface area contributed by atoms with Crippen molar-refractivity contribution in [3.05, 3.63) is 23.8 Å². The number of carboxylic acid groups (broad SMARTS) is 1. The summed E-state index contributed by atoms with van der Waals surface area (Å²) in [5.74, 6) is -2.31. The second kappa shape index (κ2) is 15.0. The molecule has 0 bridgehead atoms. The molecule has 0 radical (unpaired) electrons. The second-order valence-corrected chi connectivity index (χ2v) is 12.0. The molecule has 0 saturated carbocycles. The summed E-state index contributed by atoms with van der Waals surface area (Å²) in [4.78, 5) is 49.5. The van der Waals surface area contributed by atoms with Gasteiger partial charge in [0, 0.05) is 25.7 Å². The molecule has 0 aromatic heterocycles. The summed E-state index contributed by atoms with van der Waals surface area (Å²) in [7, 11) is 0. The summed E-state index contributed by atoms with van der Waals surface area (Å²) in [6.45, 7) is 15.1. The number of benzene rings is 1. The third-order valence-corrected chi connectivity index (χ3v) is 6.48. The van der Waals surface area contributed by atoms with Crippen molar-refractivity contribution in [1.29, 1.82) is 0 Å². The highest BCUT2D eigenvalue weighted by atomic mass is 16.6. The van der Waals surface area contributed by atoms with Gasteiger partial charge in [-0.05, 0) is 41.9 Å². The molecule has 9 nitrogen and oxygen atoms in total. The van der Waals surface area contributed by atoms with Gasteiger partial charge in [-0.15, -0.1) is 0 Å². The van der Waals surface area contributed by atoms with Gasteiger partial charge in [-0.25, -0.2) is 0 Å². The Balaban J connectivity index is 3.20. The minimum Gasteiger partial charge on any atom is -0.480 e. The molecule has 39 heavy (non-hydrogen) atoms. The molecule has 9 heteroatoms. The van der Waals surface area contributed by atoms with E-state index in [0.717, 1.165) is 12.8 Å². The Labute approximate surface area is 232 Å². The SMILES string of the molecule is CCC(C)CC(=O)Oc1ccc(CC(N)(C[C@H](C)OC(=O)CC(C)(C)C)C(=O)O)cc1OC(=O)CC(C)CC. The number of rotatable bonds is 15. The van der Waals surface area contributed by atoms with Crippen LogP contribution in [0, 0.1) is 17.3 Å². The summed E-state index contributed by atoms with van der Waals surface area (Å²) in [5, 5.41) is 9.96. The third kappa shape index (κ3) is 12.6. The summed E-state index contributed by atoms with van der Waals surface area (Å²) >= 11 is 0. The molecule has 0 amide bonds. The van der Waals surface area contributed by atoms with Crippen LogP contribution in [0.1, 0.15) is 99.5 Å². The molecule has 0 fully saturated rings. The lowest BCUT2D eigenvalue weighted by atomic mass is 9.86. The smallest absolute Gasteiger partial charge is 0.324 e. The lowest BCUT2D eigenvalue weighted by Gasteiger charge is -2.28. The molecule has 0 aliphatic carbocycles. The van der Waals surface area contributed by atoms with Gasteiger partial charge in [0.1, 0.15) is 11.6 Å². The molecule has 1 aromatic carbocycles. The van der Waals surface area contributed by atoms with Crippen molar-refractivity contribution >= 4 is 23.9 Å². The van der Waals surface area contributed by atoms with Crippen LogP contribution in [0.2, 0.25) is 0 Å². The zero-order valence-corrected chi connectivity index (χ0v) is 24.8. The van der Waals surface area contributed by atoms with Crippen molar-refractivity contribution in [2.24, 2.45) is 23.0 Å². The van der Waals surface area contributed by atoms with Gasteiger partial charge in [0.25, 0.3) is 0 Å². The van der Waals surface area contributed by atoms with E-state index in [4.69, 9.17) is 19.9 Å². The maximum Gasteiger partial charge on any atom is 0.324 e. The van der Waals surface area contributed by atoms with Crippen LogP contribution < -0.4 is 15.2 Å². The highest BCUT2D eigenvalue weighted by molar-refractivity contribution is 5.80. The third-order valence-electron chi connectivity index (χ3n) is 6.48. The van der Waals surface area contributed by atoms with Crippen molar-refractivity contribution in [3.63, 3.8) is 0 Å². The fourth-order valence-corrected chi connectivity index (χ4v) is 3.87. The van der Waals surface area contributed by atoms with E-state index < -0.39 is 35.5 Å². The van der Waals surface area contributed by atoms with Crippen molar-refractivity contribution in [2.45, 2.75) is 112 Å². The number of hydrogen-bond acceptors (Lipinski definition) is 8. The minimum atomic E-state index is -1.77. The average molecular weight is 550 g/mol. The average Bonchev–Trinajstić information content (AvgIpc) is 2.78. The Hall–Kier alpha value is -2.94. The normalized spacial score (nSPS) is 15.4. The molecular weight excluding hydrogens is 502 g/mol. The summed E-state index contributed by atoms with van der Waals surface area (Å²) in [6, 6.07) is 4.53. The number of carbonyl (C=O) groups excluding carboxylic acids is 3.